The molecule has 0 aliphatic carbocycles. The molecular formula is C18H28N2O2. The van der Waals surface area contributed by atoms with Crippen molar-refractivity contribution in [3.05, 3.63) is 29.8 Å². The van der Waals surface area contributed by atoms with Crippen molar-refractivity contribution in [1.82, 2.24) is 5.32 Å². The summed E-state index contributed by atoms with van der Waals surface area (Å²) in [5.74, 6) is -0.494. The molecule has 0 aliphatic rings. The highest BCUT2D eigenvalue weighted by molar-refractivity contribution is 6.03. The fraction of sp³-hybridized carbons (Fsp3) is 0.556. The van der Waals surface area contributed by atoms with E-state index in [0.29, 0.717) is 6.54 Å². The standard InChI is InChI=1S/C18H28N2O2/c1-5-6-9-12-19-16(21)13-17(22)20-15-11-8-7-10-14(15)18(2,3)4/h7-8,10-11H,5-6,9,12-13H2,1-4H3,(H,19,21)(H,20,22). The van der Waals surface area contributed by atoms with Gasteiger partial charge in [-0.25, -0.2) is 0 Å². The topological polar surface area (TPSA) is 58.2 Å². The average Bonchev–Trinajstić information content (AvgIpc) is 2.43. The molecule has 0 unspecified atom stereocenters. The van der Waals surface area contributed by atoms with E-state index in [1.165, 1.54) is 0 Å². The van der Waals surface area contributed by atoms with E-state index in [1.54, 1.807) is 0 Å². The molecule has 0 saturated carbocycles. The van der Waals surface area contributed by atoms with E-state index in [4.69, 9.17) is 0 Å². The van der Waals surface area contributed by atoms with Crippen LogP contribution < -0.4 is 10.6 Å². The van der Waals surface area contributed by atoms with Gasteiger partial charge in [0.15, 0.2) is 0 Å². The van der Waals surface area contributed by atoms with Crippen LogP contribution in [0.25, 0.3) is 0 Å². The number of anilines is 1. The number of hydrogen-bond donors (Lipinski definition) is 2. The van der Waals surface area contributed by atoms with Crippen LogP contribution >= 0.6 is 0 Å². The number of nitrogens with one attached hydrogen (secondary N) is 2. The van der Waals surface area contributed by atoms with E-state index in [2.05, 4.69) is 38.3 Å². The largest absolute Gasteiger partial charge is 0.356 e. The SMILES string of the molecule is CCCCCNC(=O)CC(=O)Nc1ccccc1C(C)(C)C. The van der Waals surface area contributed by atoms with Crippen LogP contribution in [0.5, 0.6) is 0 Å². The van der Waals surface area contributed by atoms with E-state index >= 15 is 0 Å². The van der Waals surface area contributed by atoms with Crippen LogP contribution in [0, 0.1) is 0 Å². The minimum Gasteiger partial charge on any atom is -0.356 e. The second-order valence-corrected chi connectivity index (χ2v) is 6.58. The Morgan fingerprint density at radius 3 is 2.36 bits per heavy atom. The first-order chi connectivity index (χ1) is 10.3. The first-order valence-corrected chi connectivity index (χ1v) is 8.00. The lowest BCUT2D eigenvalue weighted by Crippen LogP contribution is -2.29. The molecule has 0 saturated heterocycles. The van der Waals surface area contributed by atoms with Crippen molar-refractivity contribution in [3.63, 3.8) is 0 Å². The van der Waals surface area contributed by atoms with Crippen LogP contribution in [0.2, 0.25) is 0 Å². The zero-order valence-corrected chi connectivity index (χ0v) is 14.2. The van der Waals surface area contributed by atoms with Gasteiger partial charge in [0, 0.05) is 12.2 Å². The molecule has 2 N–H and O–H groups in total. The van der Waals surface area contributed by atoms with Gasteiger partial charge >= 0.3 is 0 Å². The van der Waals surface area contributed by atoms with Crippen molar-refractivity contribution in [2.75, 3.05) is 11.9 Å². The second-order valence-electron chi connectivity index (χ2n) is 6.58. The minimum atomic E-state index is -0.273. The van der Waals surface area contributed by atoms with Gasteiger partial charge in [0.2, 0.25) is 11.8 Å². The highest BCUT2D eigenvalue weighted by Gasteiger charge is 2.19. The van der Waals surface area contributed by atoms with E-state index < -0.39 is 0 Å². The van der Waals surface area contributed by atoms with Crippen molar-refractivity contribution in [1.29, 1.82) is 0 Å². The smallest absolute Gasteiger partial charge is 0.233 e. The zero-order chi connectivity index (χ0) is 16.6. The summed E-state index contributed by atoms with van der Waals surface area (Å²) in [7, 11) is 0. The fourth-order valence-corrected chi connectivity index (χ4v) is 2.25. The number of amides is 2. The molecular weight excluding hydrogens is 276 g/mol. The summed E-state index contributed by atoms with van der Waals surface area (Å²) >= 11 is 0. The van der Waals surface area contributed by atoms with Gasteiger partial charge in [-0.05, 0) is 23.5 Å². The maximum Gasteiger partial charge on any atom is 0.233 e. The first kappa shape index (κ1) is 18.2. The maximum absolute atomic E-state index is 12.0. The number of hydrogen-bond acceptors (Lipinski definition) is 2. The van der Waals surface area contributed by atoms with Gasteiger partial charge in [0.1, 0.15) is 6.42 Å². The summed E-state index contributed by atoms with van der Waals surface area (Å²) in [6, 6.07) is 7.71. The lowest BCUT2D eigenvalue weighted by atomic mass is 9.86. The van der Waals surface area contributed by atoms with E-state index in [0.717, 1.165) is 30.5 Å². The summed E-state index contributed by atoms with van der Waals surface area (Å²) in [4.78, 5) is 23.7. The van der Waals surface area contributed by atoms with Gasteiger partial charge in [0.05, 0.1) is 0 Å². The summed E-state index contributed by atoms with van der Waals surface area (Å²) in [5, 5.41) is 5.63. The minimum absolute atomic E-state index is 0.0632. The fourth-order valence-electron chi connectivity index (χ4n) is 2.25. The summed E-state index contributed by atoms with van der Waals surface area (Å²) in [6.45, 7) is 9.04. The quantitative estimate of drug-likeness (QED) is 0.597. The molecule has 0 spiro atoms. The van der Waals surface area contributed by atoms with Crippen molar-refractivity contribution < 1.29 is 9.59 Å². The lowest BCUT2D eigenvalue weighted by molar-refractivity contribution is -0.126. The molecule has 0 aromatic heterocycles. The molecule has 0 aliphatic heterocycles. The third kappa shape index (κ3) is 6.29. The van der Waals surface area contributed by atoms with Gasteiger partial charge in [-0.1, -0.05) is 58.7 Å². The second kappa shape index (κ2) is 8.57. The molecule has 0 bridgehead atoms. The Morgan fingerprint density at radius 2 is 1.73 bits per heavy atom. The van der Waals surface area contributed by atoms with Gasteiger partial charge in [-0.3, -0.25) is 9.59 Å². The van der Waals surface area contributed by atoms with E-state index in [-0.39, 0.29) is 23.7 Å². The summed E-state index contributed by atoms with van der Waals surface area (Å²) in [6.07, 6.45) is 3.02. The number of rotatable bonds is 7. The molecule has 2 amide bonds. The Balaban J connectivity index is 2.54. The highest BCUT2D eigenvalue weighted by atomic mass is 16.2. The Hall–Kier alpha value is -1.84. The number of para-hydroxylation sites is 1. The Labute approximate surface area is 133 Å². The molecule has 0 radical (unpaired) electrons. The highest BCUT2D eigenvalue weighted by Crippen LogP contribution is 2.29. The maximum atomic E-state index is 12.0. The van der Waals surface area contributed by atoms with Crippen molar-refractivity contribution in [2.45, 2.75) is 58.8 Å². The van der Waals surface area contributed by atoms with Crippen LogP contribution in [-0.4, -0.2) is 18.4 Å². The van der Waals surface area contributed by atoms with E-state index in [9.17, 15) is 9.59 Å². The molecule has 1 aromatic carbocycles. The first-order valence-electron chi connectivity index (χ1n) is 8.00. The van der Waals surface area contributed by atoms with Gasteiger partial charge in [0.25, 0.3) is 0 Å². The third-order valence-electron chi connectivity index (χ3n) is 3.43. The molecule has 4 nitrogen and oxygen atoms in total. The molecule has 0 atom stereocenters. The van der Waals surface area contributed by atoms with Crippen LogP contribution in [0.15, 0.2) is 24.3 Å². The van der Waals surface area contributed by atoms with Gasteiger partial charge in [-0.2, -0.15) is 0 Å². The van der Waals surface area contributed by atoms with E-state index in [1.807, 2.05) is 24.3 Å². The Bertz CT molecular complexity index is 504. The number of carbonyl (C=O) groups excluding carboxylic acids is 2. The van der Waals surface area contributed by atoms with Crippen LogP contribution in [0.3, 0.4) is 0 Å². The predicted octanol–water partition coefficient (Wildman–Crippen LogP) is 3.62. The molecule has 0 heterocycles. The predicted molar refractivity (Wildman–Crippen MR) is 90.9 cm³/mol. The zero-order valence-electron chi connectivity index (χ0n) is 14.2. The van der Waals surface area contributed by atoms with Gasteiger partial charge in [-0.15, -0.1) is 0 Å². The molecule has 0 fully saturated rings. The molecule has 1 aromatic rings. The normalized spacial score (nSPS) is 11.1. The molecule has 122 valence electrons. The molecule has 1 rings (SSSR count). The number of carbonyl (C=O) groups is 2. The Morgan fingerprint density at radius 1 is 1.05 bits per heavy atom. The Kier molecular flexibility index (Phi) is 7.09. The number of benzene rings is 1. The van der Waals surface area contributed by atoms with Crippen molar-refractivity contribution >= 4 is 17.5 Å². The molecule has 4 heteroatoms. The summed E-state index contributed by atoms with van der Waals surface area (Å²) in [5.41, 5.74) is 1.78. The lowest BCUT2D eigenvalue weighted by Gasteiger charge is -2.22. The van der Waals surface area contributed by atoms with Crippen molar-refractivity contribution in [2.24, 2.45) is 0 Å². The number of unbranched alkanes of at least 4 members (excludes halogenated alkanes) is 2. The third-order valence-corrected chi connectivity index (χ3v) is 3.43. The van der Waals surface area contributed by atoms with Crippen molar-refractivity contribution in [3.8, 4) is 0 Å². The molecule has 22 heavy (non-hydrogen) atoms. The average molecular weight is 304 g/mol. The van der Waals surface area contributed by atoms with Crippen LogP contribution in [0.4, 0.5) is 5.69 Å². The monoisotopic (exact) mass is 304 g/mol. The van der Waals surface area contributed by atoms with Crippen LogP contribution in [-0.2, 0) is 15.0 Å². The van der Waals surface area contributed by atoms with Gasteiger partial charge < -0.3 is 10.6 Å². The summed E-state index contributed by atoms with van der Waals surface area (Å²) < 4.78 is 0. The van der Waals surface area contributed by atoms with Crippen LogP contribution in [0.1, 0.15) is 58.9 Å².